The Kier molecular flexibility index (Phi) is 2.20. The lowest BCUT2D eigenvalue weighted by atomic mass is 10.1. The molecule has 2 aliphatic rings. The van der Waals surface area contributed by atoms with E-state index in [1.165, 1.54) is 0 Å². The molecule has 1 atom stereocenters. The Hall–Kier alpha value is -1.08. The summed E-state index contributed by atoms with van der Waals surface area (Å²) in [5.41, 5.74) is -0.724. The smallest absolute Gasteiger partial charge is 0.243 e. The molecule has 1 heterocycles. The molecule has 4 nitrogen and oxygen atoms in total. The highest BCUT2D eigenvalue weighted by Gasteiger charge is 2.53. The summed E-state index contributed by atoms with van der Waals surface area (Å²) in [5, 5.41) is 18.0. The van der Waals surface area contributed by atoms with Crippen LogP contribution in [0.1, 0.15) is 25.7 Å². The zero-order chi connectivity index (χ0) is 10.2. The van der Waals surface area contributed by atoms with E-state index in [9.17, 15) is 4.79 Å². The zero-order valence-electron chi connectivity index (χ0n) is 8.07. The summed E-state index contributed by atoms with van der Waals surface area (Å²) in [6.07, 6.45) is 3.19. The Bertz CT molecular complexity index is 291. The molecule has 1 saturated heterocycles. The maximum Gasteiger partial charge on any atom is 0.243 e. The van der Waals surface area contributed by atoms with Crippen LogP contribution in [0.15, 0.2) is 0 Å². The van der Waals surface area contributed by atoms with E-state index in [2.05, 4.69) is 6.07 Å². The maximum absolute atomic E-state index is 11.9. The highest BCUT2D eigenvalue weighted by molar-refractivity contribution is 5.88. The molecule has 1 aliphatic heterocycles. The van der Waals surface area contributed by atoms with Gasteiger partial charge in [0.25, 0.3) is 0 Å². The van der Waals surface area contributed by atoms with Crippen LogP contribution in [-0.4, -0.2) is 35.1 Å². The fourth-order valence-electron chi connectivity index (χ4n) is 2.07. The van der Waals surface area contributed by atoms with Crippen molar-refractivity contribution in [1.29, 1.82) is 5.26 Å². The van der Waals surface area contributed by atoms with Crippen molar-refractivity contribution in [2.24, 2.45) is 5.41 Å². The first-order valence-electron chi connectivity index (χ1n) is 5.07. The second kappa shape index (κ2) is 3.25. The molecule has 0 unspecified atom stereocenters. The topological polar surface area (TPSA) is 64.3 Å². The van der Waals surface area contributed by atoms with Gasteiger partial charge >= 0.3 is 0 Å². The molecule has 4 heteroatoms. The Labute approximate surface area is 83.1 Å². The predicted octanol–water partition coefficient (Wildman–Crippen LogP) is 0.273. The number of hydrogen-bond acceptors (Lipinski definition) is 3. The quantitative estimate of drug-likeness (QED) is 0.686. The average molecular weight is 194 g/mol. The van der Waals surface area contributed by atoms with E-state index in [4.69, 9.17) is 10.4 Å². The molecular weight excluding hydrogens is 180 g/mol. The standard InChI is InChI=1S/C10H14N2O2/c11-7-10(3-4-10)9(14)12-5-1-2-8(12)6-13/h8,13H,1-6H2/t8-/m1/s1. The molecule has 0 spiro atoms. The summed E-state index contributed by atoms with van der Waals surface area (Å²) >= 11 is 0. The van der Waals surface area contributed by atoms with Crippen molar-refractivity contribution in [3.63, 3.8) is 0 Å². The average Bonchev–Trinajstić information content (AvgIpc) is 2.87. The molecule has 14 heavy (non-hydrogen) atoms. The third-order valence-electron chi connectivity index (χ3n) is 3.22. The van der Waals surface area contributed by atoms with Crippen molar-refractivity contribution < 1.29 is 9.90 Å². The summed E-state index contributed by atoms with van der Waals surface area (Å²) in [6.45, 7) is 0.723. The third kappa shape index (κ3) is 1.28. The van der Waals surface area contributed by atoms with E-state index in [0.29, 0.717) is 19.4 Å². The zero-order valence-corrected chi connectivity index (χ0v) is 8.07. The van der Waals surface area contributed by atoms with E-state index >= 15 is 0 Å². The Morgan fingerprint density at radius 2 is 2.36 bits per heavy atom. The molecule has 1 aliphatic carbocycles. The molecule has 0 aromatic carbocycles. The Morgan fingerprint density at radius 1 is 1.64 bits per heavy atom. The van der Waals surface area contributed by atoms with Gasteiger partial charge < -0.3 is 10.0 Å². The second-order valence-corrected chi connectivity index (χ2v) is 4.17. The van der Waals surface area contributed by atoms with Crippen LogP contribution in [0.25, 0.3) is 0 Å². The van der Waals surface area contributed by atoms with E-state index < -0.39 is 5.41 Å². The first kappa shape index (κ1) is 9.47. The number of aliphatic hydroxyl groups excluding tert-OH is 1. The predicted molar refractivity (Wildman–Crippen MR) is 49.1 cm³/mol. The monoisotopic (exact) mass is 194 g/mol. The van der Waals surface area contributed by atoms with Gasteiger partial charge in [-0.15, -0.1) is 0 Å². The summed E-state index contributed by atoms with van der Waals surface area (Å²) in [5.74, 6) is -0.0587. The highest BCUT2D eigenvalue weighted by Crippen LogP contribution is 2.47. The fourth-order valence-corrected chi connectivity index (χ4v) is 2.07. The van der Waals surface area contributed by atoms with Gasteiger partial charge in [0.1, 0.15) is 5.41 Å². The van der Waals surface area contributed by atoms with Crippen LogP contribution >= 0.6 is 0 Å². The van der Waals surface area contributed by atoms with Crippen LogP contribution in [-0.2, 0) is 4.79 Å². The van der Waals surface area contributed by atoms with Gasteiger partial charge in [-0.2, -0.15) is 5.26 Å². The molecule has 1 amide bonds. The Balaban J connectivity index is 2.08. The van der Waals surface area contributed by atoms with Gasteiger partial charge in [-0.05, 0) is 25.7 Å². The van der Waals surface area contributed by atoms with Gasteiger partial charge in [-0.3, -0.25) is 4.79 Å². The molecular formula is C10H14N2O2. The van der Waals surface area contributed by atoms with Gasteiger partial charge in [0.05, 0.1) is 18.7 Å². The van der Waals surface area contributed by atoms with Crippen LogP contribution < -0.4 is 0 Å². The largest absolute Gasteiger partial charge is 0.394 e. The molecule has 0 aromatic rings. The van der Waals surface area contributed by atoms with Crippen LogP contribution in [0.3, 0.4) is 0 Å². The summed E-state index contributed by atoms with van der Waals surface area (Å²) in [4.78, 5) is 13.6. The number of carbonyl (C=O) groups is 1. The molecule has 0 aromatic heterocycles. The van der Waals surface area contributed by atoms with Gasteiger partial charge in [-0.25, -0.2) is 0 Å². The number of carbonyl (C=O) groups excluding carboxylic acids is 1. The molecule has 1 N–H and O–H groups in total. The van der Waals surface area contributed by atoms with Crippen molar-refractivity contribution >= 4 is 5.91 Å². The minimum atomic E-state index is -0.724. The number of amides is 1. The van der Waals surface area contributed by atoms with Crippen molar-refractivity contribution in [2.75, 3.05) is 13.2 Å². The number of likely N-dealkylation sites (tertiary alicyclic amines) is 1. The molecule has 0 bridgehead atoms. The number of aliphatic hydroxyl groups is 1. The number of nitriles is 1. The lowest BCUT2D eigenvalue weighted by Crippen LogP contribution is -2.41. The van der Waals surface area contributed by atoms with E-state index in [-0.39, 0.29) is 18.6 Å². The minimum Gasteiger partial charge on any atom is -0.394 e. The minimum absolute atomic E-state index is 0.0211. The van der Waals surface area contributed by atoms with E-state index in [1.807, 2.05) is 0 Å². The van der Waals surface area contributed by atoms with Crippen molar-refractivity contribution in [3.05, 3.63) is 0 Å². The number of nitrogens with zero attached hydrogens (tertiary/aromatic N) is 2. The third-order valence-corrected chi connectivity index (χ3v) is 3.22. The molecule has 1 saturated carbocycles. The van der Waals surface area contributed by atoms with Crippen molar-refractivity contribution in [3.8, 4) is 6.07 Å². The van der Waals surface area contributed by atoms with Crippen LogP contribution in [0.4, 0.5) is 0 Å². The SMILES string of the molecule is N#CC1(C(=O)N2CCC[C@@H]2CO)CC1. The fraction of sp³-hybridized carbons (Fsp3) is 0.800. The molecule has 2 rings (SSSR count). The summed E-state index contributed by atoms with van der Waals surface area (Å²) in [6, 6.07) is 2.05. The van der Waals surface area contributed by atoms with Gasteiger partial charge in [0.2, 0.25) is 5.91 Å². The van der Waals surface area contributed by atoms with Crippen LogP contribution in [0.5, 0.6) is 0 Å². The lowest BCUT2D eigenvalue weighted by Gasteiger charge is -2.24. The van der Waals surface area contributed by atoms with Gasteiger partial charge in [0.15, 0.2) is 0 Å². The van der Waals surface area contributed by atoms with E-state index in [0.717, 1.165) is 12.8 Å². The second-order valence-electron chi connectivity index (χ2n) is 4.17. The van der Waals surface area contributed by atoms with Crippen LogP contribution in [0.2, 0.25) is 0 Å². The van der Waals surface area contributed by atoms with Crippen molar-refractivity contribution in [2.45, 2.75) is 31.7 Å². The van der Waals surface area contributed by atoms with Gasteiger partial charge in [-0.1, -0.05) is 0 Å². The van der Waals surface area contributed by atoms with Crippen LogP contribution in [0, 0.1) is 16.7 Å². The highest BCUT2D eigenvalue weighted by atomic mass is 16.3. The first-order valence-corrected chi connectivity index (χ1v) is 5.07. The van der Waals surface area contributed by atoms with E-state index in [1.54, 1.807) is 4.90 Å². The molecule has 0 radical (unpaired) electrons. The summed E-state index contributed by atoms with van der Waals surface area (Å²) in [7, 11) is 0. The Morgan fingerprint density at radius 3 is 2.86 bits per heavy atom. The summed E-state index contributed by atoms with van der Waals surface area (Å²) < 4.78 is 0. The first-order chi connectivity index (χ1) is 6.73. The number of hydrogen-bond donors (Lipinski definition) is 1. The lowest BCUT2D eigenvalue weighted by molar-refractivity contribution is -0.136. The molecule has 2 fully saturated rings. The maximum atomic E-state index is 11.9. The van der Waals surface area contributed by atoms with Crippen molar-refractivity contribution in [1.82, 2.24) is 4.90 Å². The molecule has 76 valence electrons. The van der Waals surface area contributed by atoms with Gasteiger partial charge in [0, 0.05) is 6.54 Å². The normalized spacial score (nSPS) is 28.6. The number of rotatable bonds is 2.